The lowest BCUT2D eigenvalue weighted by Gasteiger charge is -2.14. The second-order valence-corrected chi connectivity index (χ2v) is 6.10. The van der Waals surface area contributed by atoms with Crippen LogP contribution >= 0.6 is 34.2 Å². The Hall–Kier alpha value is -0.950. The zero-order valence-corrected chi connectivity index (χ0v) is 14.5. The predicted octanol–water partition coefficient (Wildman–Crippen LogP) is 4.35. The average molecular weight is 403 g/mol. The van der Waals surface area contributed by atoms with E-state index in [0.717, 1.165) is 21.6 Å². The summed E-state index contributed by atoms with van der Waals surface area (Å²) in [6.07, 6.45) is 1.70. The van der Waals surface area contributed by atoms with Crippen LogP contribution in [0, 0.1) is 3.57 Å². The van der Waals surface area contributed by atoms with Crippen LogP contribution in [-0.2, 0) is 0 Å². The number of rotatable bonds is 4. The molecule has 1 N–H and O–H groups in total. The molecule has 20 heavy (non-hydrogen) atoms. The molecule has 2 aromatic rings. The van der Waals surface area contributed by atoms with Crippen LogP contribution in [0.1, 0.15) is 32.4 Å². The van der Waals surface area contributed by atoms with Gasteiger partial charge in [-0.15, -0.1) is 0 Å². The molecule has 0 amide bonds. The summed E-state index contributed by atoms with van der Waals surface area (Å²) < 4.78 is 1.05. The molecular formula is C14H16ClIN4. The third-order valence-corrected chi connectivity index (χ3v) is 4.11. The highest BCUT2D eigenvalue weighted by molar-refractivity contribution is 14.1. The van der Waals surface area contributed by atoms with Gasteiger partial charge in [-0.25, -0.2) is 9.97 Å². The van der Waals surface area contributed by atoms with Crippen LogP contribution in [0.4, 0.5) is 5.82 Å². The van der Waals surface area contributed by atoms with Crippen molar-refractivity contribution in [3.63, 3.8) is 0 Å². The molecule has 0 bridgehead atoms. The number of aromatic nitrogens is 3. The van der Waals surface area contributed by atoms with E-state index in [2.05, 4.69) is 56.7 Å². The van der Waals surface area contributed by atoms with E-state index < -0.39 is 0 Å². The van der Waals surface area contributed by atoms with Gasteiger partial charge in [0, 0.05) is 12.7 Å². The zero-order chi connectivity index (χ0) is 14.7. The van der Waals surface area contributed by atoms with Crippen LogP contribution in [0.25, 0.3) is 11.5 Å². The molecule has 2 rings (SSSR count). The van der Waals surface area contributed by atoms with Gasteiger partial charge in [-0.3, -0.25) is 4.98 Å². The van der Waals surface area contributed by atoms with Crippen LogP contribution in [0.15, 0.2) is 18.3 Å². The molecule has 2 aromatic heterocycles. The van der Waals surface area contributed by atoms with Gasteiger partial charge in [0.15, 0.2) is 5.82 Å². The van der Waals surface area contributed by atoms with E-state index in [-0.39, 0.29) is 0 Å². The van der Waals surface area contributed by atoms with Crippen molar-refractivity contribution < 1.29 is 0 Å². The molecule has 0 radical (unpaired) electrons. The summed E-state index contributed by atoms with van der Waals surface area (Å²) in [4.78, 5) is 13.5. The van der Waals surface area contributed by atoms with Gasteiger partial charge in [0.2, 0.25) is 0 Å². The molecule has 0 atom stereocenters. The van der Waals surface area contributed by atoms with Crippen molar-refractivity contribution >= 4 is 40.0 Å². The van der Waals surface area contributed by atoms with E-state index in [1.165, 1.54) is 0 Å². The van der Waals surface area contributed by atoms with Crippen molar-refractivity contribution in [3.8, 4) is 11.5 Å². The molecule has 0 aliphatic rings. The first-order chi connectivity index (χ1) is 9.54. The second kappa shape index (κ2) is 6.67. The Bertz CT molecular complexity index is 616. The monoisotopic (exact) mass is 402 g/mol. The standard InChI is InChI=1S/C14H16ClIN4/c1-4-17-13-10(16)11(8(2)3)19-14(20-13)12-9(15)6-5-7-18-12/h5-8H,4H2,1-3H3,(H,17,19,20). The first kappa shape index (κ1) is 15.4. The average Bonchev–Trinajstić information content (AvgIpc) is 2.41. The van der Waals surface area contributed by atoms with Crippen molar-refractivity contribution in [1.29, 1.82) is 0 Å². The van der Waals surface area contributed by atoms with Gasteiger partial charge < -0.3 is 5.32 Å². The van der Waals surface area contributed by atoms with Crippen molar-refractivity contribution in [3.05, 3.63) is 32.6 Å². The Kier molecular flexibility index (Phi) is 5.15. The van der Waals surface area contributed by atoms with Crippen LogP contribution in [0.3, 0.4) is 0 Å². The van der Waals surface area contributed by atoms with Gasteiger partial charge in [0.05, 0.1) is 14.3 Å². The number of pyridine rings is 1. The summed E-state index contributed by atoms with van der Waals surface area (Å²) in [6.45, 7) is 7.08. The zero-order valence-electron chi connectivity index (χ0n) is 11.6. The topological polar surface area (TPSA) is 50.7 Å². The van der Waals surface area contributed by atoms with E-state index in [1.54, 1.807) is 18.3 Å². The van der Waals surface area contributed by atoms with Crippen molar-refractivity contribution in [2.75, 3.05) is 11.9 Å². The van der Waals surface area contributed by atoms with E-state index in [4.69, 9.17) is 11.6 Å². The number of nitrogens with zero attached hydrogens (tertiary/aromatic N) is 3. The van der Waals surface area contributed by atoms with Crippen LogP contribution < -0.4 is 5.32 Å². The number of hydrogen-bond acceptors (Lipinski definition) is 4. The third-order valence-electron chi connectivity index (χ3n) is 2.74. The van der Waals surface area contributed by atoms with Crippen molar-refractivity contribution in [1.82, 2.24) is 15.0 Å². The molecule has 6 heteroatoms. The maximum atomic E-state index is 6.20. The summed E-state index contributed by atoms with van der Waals surface area (Å²) in [7, 11) is 0. The number of nitrogens with one attached hydrogen (secondary N) is 1. The lowest BCUT2D eigenvalue weighted by atomic mass is 10.1. The van der Waals surface area contributed by atoms with Gasteiger partial charge in [0.1, 0.15) is 11.5 Å². The number of hydrogen-bond donors (Lipinski definition) is 1. The summed E-state index contributed by atoms with van der Waals surface area (Å²) >= 11 is 8.48. The minimum atomic E-state index is 0.309. The third kappa shape index (κ3) is 3.20. The Morgan fingerprint density at radius 1 is 1.35 bits per heavy atom. The predicted molar refractivity (Wildman–Crippen MR) is 91.2 cm³/mol. The Morgan fingerprint density at radius 3 is 2.70 bits per heavy atom. The highest BCUT2D eigenvalue weighted by atomic mass is 127. The van der Waals surface area contributed by atoms with E-state index in [0.29, 0.717) is 22.5 Å². The molecule has 0 spiro atoms. The van der Waals surface area contributed by atoms with Gasteiger partial charge in [0.25, 0.3) is 0 Å². The van der Waals surface area contributed by atoms with Gasteiger partial charge in [-0.2, -0.15) is 0 Å². The van der Waals surface area contributed by atoms with E-state index >= 15 is 0 Å². The SMILES string of the molecule is CCNc1nc(-c2ncccc2Cl)nc(C(C)C)c1I. The normalized spacial score (nSPS) is 10.9. The molecule has 0 saturated heterocycles. The molecule has 0 saturated carbocycles. The molecule has 106 valence electrons. The fourth-order valence-electron chi connectivity index (χ4n) is 1.79. The number of anilines is 1. The lowest BCUT2D eigenvalue weighted by molar-refractivity contribution is 0.807. The molecule has 4 nitrogen and oxygen atoms in total. The van der Waals surface area contributed by atoms with Crippen LogP contribution in [-0.4, -0.2) is 21.5 Å². The van der Waals surface area contributed by atoms with E-state index in [1.807, 2.05) is 6.92 Å². The summed E-state index contributed by atoms with van der Waals surface area (Å²) in [5.74, 6) is 1.71. The van der Waals surface area contributed by atoms with Gasteiger partial charge in [-0.05, 0) is 47.6 Å². The first-order valence-electron chi connectivity index (χ1n) is 6.46. The molecule has 0 unspecified atom stereocenters. The van der Waals surface area contributed by atoms with Gasteiger partial charge in [-0.1, -0.05) is 25.4 Å². The largest absolute Gasteiger partial charge is 0.369 e. The molecule has 0 aliphatic heterocycles. The summed E-state index contributed by atoms with van der Waals surface area (Å²) in [5, 5.41) is 3.83. The molecular weight excluding hydrogens is 387 g/mol. The molecule has 2 heterocycles. The minimum Gasteiger partial charge on any atom is -0.369 e. The second-order valence-electron chi connectivity index (χ2n) is 4.61. The summed E-state index contributed by atoms with van der Waals surface area (Å²) in [6, 6.07) is 3.60. The smallest absolute Gasteiger partial charge is 0.182 e. The van der Waals surface area contributed by atoms with Crippen LogP contribution in [0.5, 0.6) is 0 Å². The highest BCUT2D eigenvalue weighted by Gasteiger charge is 2.17. The molecule has 0 aliphatic carbocycles. The highest BCUT2D eigenvalue weighted by Crippen LogP contribution is 2.29. The first-order valence-corrected chi connectivity index (χ1v) is 7.92. The molecule has 0 aromatic carbocycles. The lowest BCUT2D eigenvalue weighted by Crippen LogP contribution is -2.09. The van der Waals surface area contributed by atoms with Crippen molar-refractivity contribution in [2.45, 2.75) is 26.7 Å². The Balaban J connectivity index is 2.62. The number of halogens is 2. The Morgan fingerprint density at radius 2 is 2.10 bits per heavy atom. The van der Waals surface area contributed by atoms with Crippen molar-refractivity contribution in [2.24, 2.45) is 0 Å². The molecule has 0 fully saturated rings. The maximum absolute atomic E-state index is 6.20. The van der Waals surface area contributed by atoms with Crippen LogP contribution in [0.2, 0.25) is 5.02 Å². The van der Waals surface area contributed by atoms with E-state index in [9.17, 15) is 0 Å². The maximum Gasteiger partial charge on any atom is 0.182 e. The quantitative estimate of drug-likeness (QED) is 0.772. The minimum absolute atomic E-state index is 0.309. The van der Waals surface area contributed by atoms with Gasteiger partial charge >= 0.3 is 0 Å². The fourth-order valence-corrected chi connectivity index (χ4v) is 3.05. The fraction of sp³-hybridized carbons (Fsp3) is 0.357. The Labute approximate surface area is 137 Å². The summed E-state index contributed by atoms with van der Waals surface area (Å²) in [5.41, 5.74) is 1.62.